The van der Waals surface area contributed by atoms with Crippen LogP contribution in [0.4, 0.5) is 0 Å². The molecule has 0 saturated carbocycles. The third-order valence-electron chi connectivity index (χ3n) is 11.1. The Morgan fingerprint density at radius 2 is 1.84 bits per heavy atom. The number of carbonyl (C=O) groups is 4. The number of rotatable bonds is 13. The van der Waals surface area contributed by atoms with E-state index in [1.807, 2.05) is 48.4 Å². The van der Waals surface area contributed by atoms with Gasteiger partial charge in [0.1, 0.15) is 23.9 Å². The average molecular weight is 800 g/mol. The summed E-state index contributed by atoms with van der Waals surface area (Å²) in [6, 6.07) is 15.9. The third-order valence-corrected chi connectivity index (χ3v) is 14.2. The second-order valence-corrected chi connectivity index (χ2v) is 18.7. The number of esters is 1. The first kappa shape index (κ1) is 39.6. The lowest BCUT2D eigenvalue weighted by Gasteiger charge is -2.43. The zero-order chi connectivity index (χ0) is 39.6. The number of hydrogen-bond donors (Lipinski definition) is 2. The number of amides is 3. The minimum Gasteiger partial charge on any atom is -0.465 e. The van der Waals surface area contributed by atoms with Crippen molar-refractivity contribution in [2.75, 3.05) is 19.7 Å². The van der Waals surface area contributed by atoms with Gasteiger partial charge in [0.2, 0.25) is 11.8 Å². The molecule has 3 amide bonds. The van der Waals surface area contributed by atoms with Gasteiger partial charge in [-0.05, 0) is 110 Å². The highest BCUT2D eigenvalue weighted by Gasteiger charge is 2.48. The fraction of sp³-hybridized carbons (Fsp3) is 0.452. The minimum absolute atomic E-state index is 0.0154. The Bertz CT molecular complexity index is 2140. The zero-order valence-corrected chi connectivity index (χ0v) is 34.0. The summed E-state index contributed by atoms with van der Waals surface area (Å²) >= 11 is 1.31. The minimum atomic E-state index is -3.68. The summed E-state index contributed by atoms with van der Waals surface area (Å²) in [4.78, 5) is 62.8. The van der Waals surface area contributed by atoms with E-state index in [-0.39, 0.29) is 48.4 Å². The van der Waals surface area contributed by atoms with E-state index < -0.39 is 31.6 Å². The highest BCUT2D eigenvalue weighted by Crippen LogP contribution is 2.47. The van der Waals surface area contributed by atoms with Crippen LogP contribution in [0.3, 0.4) is 0 Å². The van der Waals surface area contributed by atoms with Gasteiger partial charge in [-0.15, -0.1) is 11.3 Å². The maximum atomic E-state index is 14.3. The number of nitrogens with one attached hydrogen (secondary N) is 2. The van der Waals surface area contributed by atoms with Gasteiger partial charge >= 0.3 is 13.5 Å². The molecule has 296 valence electrons. The van der Waals surface area contributed by atoms with Crippen LogP contribution in [-0.2, 0) is 29.8 Å². The van der Waals surface area contributed by atoms with Crippen LogP contribution in [0.15, 0.2) is 73.1 Å². The lowest BCUT2D eigenvalue weighted by atomic mass is 9.89. The van der Waals surface area contributed by atoms with Crippen LogP contribution in [0.2, 0.25) is 0 Å². The number of fused-ring (bicyclic) bond motifs is 2. The summed E-state index contributed by atoms with van der Waals surface area (Å²) in [7, 11) is -3.68. The van der Waals surface area contributed by atoms with Crippen LogP contribution in [0.1, 0.15) is 85.2 Å². The van der Waals surface area contributed by atoms with Crippen molar-refractivity contribution in [2.45, 2.75) is 96.0 Å². The lowest BCUT2D eigenvalue weighted by Crippen LogP contribution is -2.58. The van der Waals surface area contributed by atoms with Gasteiger partial charge in [0, 0.05) is 42.1 Å². The highest BCUT2D eigenvalue weighted by atomic mass is 32.1. The SMILES string of the molecule is CCCOC(=O)[C@H](C)NP(=O)(Cc1ccc2sc(C(=O)N[C@H]3C[C@H](C)C[C@H]4CC[C@@H](C(=O)N5CC(c6cnccc6C)C5)N4C3=O)cc2c1)Oc1ccccc1. The van der Waals surface area contributed by atoms with Crippen molar-refractivity contribution in [2.24, 2.45) is 5.92 Å². The van der Waals surface area contributed by atoms with E-state index in [1.165, 1.54) is 11.3 Å². The average Bonchev–Trinajstić information content (AvgIpc) is 3.75. The van der Waals surface area contributed by atoms with Gasteiger partial charge in [-0.2, -0.15) is 0 Å². The number of likely N-dealkylation sites (tertiary alicyclic amines) is 1. The van der Waals surface area contributed by atoms with E-state index >= 15 is 0 Å². The molecule has 3 saturated heterocycles. The maximum absolute atomic E-state index is 14.3. The Morgan fingerprint density at radius 3 is 2.59 bits per heavy atom. The van der Waals surface area contributed by atoms with E-state index in [0.717, 1.165) is 34.1 Å². The molecule has 5 heterocycles. The predicted molar refractivity (Wildman–Crippen MR) is 216 cm³/mol. The zero-order valence-electron chi connectivity index (χ0n) is 32.3. The Hall–Kier alpha value is -4.58. The molecule has 0 radical (unpaired) electrons. The molecule has 7 rings (SSSR count). The molecule has 56 heavy (non-hydrogen) atoms. The van der Waals surface area contributed by atoms with Gasteiger partial charge in [-0.25, -0.2) is 5.09 Å². The summed E-state index contributed by atoms with van der Waals surface area (Å²) in [6.45, 7) is 9.14. The number of thiophene rings is 1. The fourth-order valence-corrected chi connectivity index (χ4v) is 11.2. The van der Waals surface area contributed by atoms with Crippen LogP contribution in [-0.4, -0.2) is 82.3 Å². The number of hydrogen-bond acceptors (Lipinski definition) is 9. The van der Waals surface area contributed by atoms with Gasteiger partial charge in [0.25, 0.3) is 5.91 Å². The predicted octanol–water partition coefficient (Wildman–Crippen LogP) is 6.82. The first-order valence-corrected chi connectivity index (χ1v) is 22.2. The molecular weight excluding hydrogens is 750 g/mol. The number of aromatic nitrogens is 1. The quantitative estimate of drug-likeness (QED) is 0.110. The summed E-state index contributed by atoms with van der Waals surface area (Å²) in [5.41, 5.74) is 3.01. The molecule has 12 nitrogen and oxygen atoms in total. The summed E-state index contributed by atoms with van der Waals surface area (Å²) in [5, 5.41) is 6.73. The Labute approximate surface area is 331 Å². The topological polar surface area (TPSA) is 147 Å². The Kier molecular flexibility index (Phi) is 11.9. The van der Waals surface area contributed by atoms with Gasteiger partial charge in [-0.3, -0.25) is 28.7 Å². The third kappa shape index (κ3) is 8.70. The van der Waals surface area contributed by atoms with Crippen molar-refractivity contribution in [3.8, 4) is 5.75 Å². The second-order valence-electron chi connectivity index (χ2n) is 15.5. The molecule has 2 aromatic heterocycles. The van der Waals surface area contributed by atoms with E-state index in [0.29, 0.717) is 48.5 Å². The Morgan fingerprint density at radius 1 is 1.05 bits per heavy atom. The van der Waals surface area contributed by atoms with Crippen molar-refractivity contribution in [3.63, 3.8) is 0 Å². The molecule has 0 spiro atoms. The molecule has 3 aliphatic rings. The molecule has 6 atom stereocenters. The van der Waals surface area contributed by atoms with Crippen LogP contribution >= 0.6 is 18.9 Å². The van der Waals surface area contributed by atoms with Crippen LogP contribution in [0, 0.1) is 12.8 Å². The van der Waals surface area contributed by atoms with Gasteiger partial charge in [0.15, 0.2) is 0 Å². The second kappa shape index (κ2) is 16.9. The van der Waals surface area contributed by atoms with Crippen molar-refractivity contribution in [3.05, 3.63) is 94.6 Å². The fourth-order valence-electron chi connectivity index (χ4n) is 8.23. The Balaban J connectivity index is 1.03. The van der Waals surface area contributed by atoms with E-state index in [2.05, 4.69) is 29.2 Å². The monoisotopic (exact) mass is 799 g/mol. The van der Waals surface area contributed by atoms with E-state index in [4.69, 9.17) is 9.26 Å². The first-order chi connectivity index (χ1) is 26.9. The van der Waals surface area contributed by atoms with Crippen molar-refractivity contribution >= 4 is 52.6 Å². The standard InChI is InChI=1S/C42H50N5O7PS/c1-5-17-53-42(51)28(4)45-55(52,54-33-9-7-6-8-10-33)25-29-11-14-37-30(20-29)21-38(56-37)39(48)44-35-19-26(2)18-32-12-13-36(47(32)40(35)49)41(50)46-23-31(24-46)34-22-43-16-15-27(34)3/h6-11,14-16,20-22,26,28,31-32,35-36H,5,12-13,17-19,23-25H2,1-4H3,(H,44,48)(H,45,52)/t26-,28+,32-,35+,36+,55?/m1/s1. The van der Waals surface area contributed by atoms with Crippen molar-refractivity contribution in [1.82, 2.24) is 25.2 Å². The normalized spacial score (nSPS) is 22.8. The number of nitrogens with zero attached hydrogens (tertiary/aromatic N) is 3. The van der Waals surface area contributed by atoms with E-state index in [9.17, 15) is 23.7 Å². The largest absolute Gasteiger partial charge is 0.465 e. The number of para-hydroxylation sites is 1. The molecular formula is C42H50N5O7PS. The van der Waals surface area contributed by atoms with Crippen molar-refractivity contribution < 1.29 is 33.0 Å². The maximum Gasteiger partial charge on any atom is 0.323 e. The number of aryl methyl sites for hydroxylation is 1. The van der Waals surface area contributed by atoms with E-state index in [1.54, 1.807) is 48.4 Å². The first-order valence-electron chi connectivity index (χ1n) is 19.5. The molecule has 1 unspecified atom stereocenters. The summed E-state index contributed by atoms with van der Waals surface area (Å²) < 4.78 is 26.5. The molecule has 3 aliphatic heterocycles. The summed E-state index contributed by atoms with van der Waals surface area (Å²) in [6.07, 6.45) is 6.98. The molecule has 0 aliphatic carbocycles. The highest BCUT2D eigenvalue weighted by molar-refractivity contribution is 7.56. The molecule has 3 fully saturated rings. The molecule has 4 aromatic rings. The smallest absolute Gasteiger partial charge is 0.323 e. The van der Waals surface area contributed by atoms with Gasteiger partial charge in [0.05, 0.1) is 17.6 Å². The molecule has 0 bridgehead atoms. The summed E-state index contributed by atoms with van der Waals surface area (Å²) in [5.74, 6) is -0.258. The van der Waals surface area contributed by atoms with Gasteiger partial charge in [-0.1, -0.05) is 38.1 Å². The number of pyridine rings is 1. The van der Waals surface area contributed by atoms with Crippen LogP contribution in [0.5, 0.6) is 5.75 Å². The van der Waals surface area contributed by atoms with Crippen LogP contribution < -0.4 is 14.9 Å². The number of carbonyl (C=O) groups excluding carboxylic acids is 4. The molecule has 2 aromatic carbocycles. The lowest BCUT2D eigenvalue weighted by molar-refractivity contribution is -0.148. The molecule has 14 heteroatoms. The number of benzene rings is 2. The van der Waals surface area contributed by atoms with Crippen LogP contribution in [0.25, 0.3) is 10.1 Å². The molecule has 2 N–H and O–H groups in total. The number of ether oxygens (including phenoxy) is 1. The van der Waals surface area contributed by atoms with Crippen molar-refractivity contribution in [1.29, 1.82) is 0 Å². The van der Waals surface area contributed by atoms with Gasteiger partial charge < -0.3 is 24.4 Å².